The fraction of sp³-hybridized carbons (Fsp3) is 0.500. The SMILES string of the molecule is O=C([O-])C(Cl)C(Cl)C(=O)O.[Na+]. The van der Waals surface area contributed by atoms with Crippen LogP contribution in [0, 0.1) is 0 Å². The maximum absolute atomic E-state index is 9.94. The molecule has 0 aliphatic heterocycles. The van der Waals surface area contributed by atoms with Crippen LogP contribution in [-0.2, 0) is 9.59 Å². The minimum Gasteiger partial charge on any atom is -0.548 e. The van der Waals surface area contributed by atoms with E-state index in [1.807, 2.05) is 0 Å². The summed E-state index contributed by atoms with van der Waals surface area (Å²) in [5, 5.41) is 14.6. The van der Waals surface area contributed by atoms with Crippen LogP contribution in [0.1, 0.15) is 0 Å². The second kappa shape index (κ2) is 6.08. The van der Waals surface area contributed by atoms with Gasteiger partial charge in [-0.05, 0) is 0 Å². The molecule has 0 bridgehead atoms. The number of rotatable bonds is 3. The average molecular weight is 209 g/mol. The van der Waals surface area contributed by atoms with E-state index in [9.17, 15) is 14.7 Å². The van der Waals surface area contributed by atoms with Gasteiger partial charge in [-0.2, -0.15) is 0 Å². The smallest absolute Gasteiger partial charge is 0.548 e. The maximum Gasteiger partial charge on any atom is 1.00 e. The Bertz CT molecular complexity index is 144. The molecule has 0 aromatic rings. The molecular weight excluding hydrogens is 206 g/mol. The van der Waals surface area contributed by atoms with Gasteiger partial charge in [0, 0.05) is 0 Å². The maximum atomic E-state index is 9.94. The molecule has 0 aromatic heterocycles. The molecule has 0 amide bonds. The molecule has 0 heterocycles. The molecule has 0 aromatic carbocycles. The molecule has 1 N–H and O–H groups in total. The Morgan fingerprint density at radius 3 is 1.73 bits per heavy atom. The van der Waals surface area contributed by atoms with E-state index in [2.05, 4.69) is 0 Å². The Hall–Kier alpha value is 0.520. The average Bonchev–Trinajstić information content (AvgIpc) is 1.84. The summed E-state index contributed by atoms with van der Waals surface area (Å²) in [6.45, 7) is 0. The van der Waals surface area contributed by atoms with Crippen LogP contribution in [0.4, 0.5) is 0 Å². The van der Waals surface area contributed by atoms with E-state index in [-0.39, 0.29) is 29.6 Å². The third kappa shape index (κ3) is 4.87. The molecule has 0 spiro atoms. The second-order valence-corrected chi connectivity index (χ2v) is 2.40. The third-order valence-electron chi connectivity index (χ3n) is 0.718. The van der Waals surface area contributed by atoms with Crippen molar-refractivity contribution in [1.29, 1.82) is 0 Å². The van der Waals surface area contributed by atoms with Gasteiger partial charge in [0.05, 0.1) is 5.97 Å². The van der Waals surface area contributed by atoms with Gasteiger partial charge in [0.25, 0.3) is 0 Å². The summed E-state index contributed by atoms with van der Waals surface area (Å²) in [5.41, 5.74) is 0. The van der Waals surface area contributed by atoms with Gasteiger partial charge in [-0.25, -0.2) is 0 Å². The number of aliphatic carboxylic acids is 2. The first kappa shape index (κ1) is 14.1. The molecule has 4 nitrogen and oxygen atoms in total. The van der Waals surface area contributed by atoms with Crippen LogP contribution in [0.5, 0.6) is 0 Å². The molecular formula is C4H3Cl2NaO4. The topological polar surface area (TPSA) is 77.4 Å². The number of halogens is 2. The Labute approximate surface area is 94.8 Å². The van der Waals surface area contributed by atoms with Gasteiger partial charge in [0.2, 0.25) is 0 Å². The van der Waals surface area contributed by atoms with Gasteiger partial charge in [-0.3, -0.25) is 4.79 Å². The first-order valence-electron chi connectivity index (χ1n) is 2.18. The summed E-state index contributed by atoms with van der Waals surface area (Å²) in [6.07, 6.45) is 0. The van der Waals surface area contributed by atoms with Crippen molar-refractivity contribution in [3.8, 4) is 0 Å². The molecule has 11 heavy (non-hydrogen) atoms. The quantitative estimate of drug-likeness (QED) is 0.380. The summed E-state index contributed by atoms with van der Waals surface area (Å²) in [7, 11) is 0. The summed E-state index contributed by atoms with van der Waals surface area (Å²) in [4.78, 5) is 19.8. The van der Waals surface area contributed by atoms with E-state index in [4.69, 9.17) is 28.3 Å². The van der Waals surface area contributed by atoms with Crippen LogP contribution in [-0.4, -0.2) is 27.8 Å². The minimum atomic E-state index is -1.70. The van der Waals surface area contributed by atoms with Crippen LogP contribution < -0.4 is 34.7 Å². The standard InChI is InChI=1S/C4H4Cl2O4.Na/c5-1(3(7)8)2(6)4(9)10;/h1-2H,(H,7,8)(H,9,10);/q;+1/p-1. The molecule has 0 aliphatic rings. The van der Waals surface area contributed by atoms with Gasteiger partial charge >= 0.3 is 35.5 Å². The monoisotopic (exact) mass is 208 g/mol. The molecule has 0 aliphatic carbocycles. The number of carboxylic acids is 2. The van der Waals surface area contributed by atoms with Crippen molar-refractivity contribution in [2.45, 2.75) is 10.8 Å². The summed E-state index contributed by atoms with van der Waals surface area (Å²) < 4.78 is 0. The number of carbonyl (C=O) groups is 2. The molecule has 0 saturated carbocycles. The number of hydrogen-bond acceptors (Lipinski definition) is 3. The summed E-state index contributed by atoms with van der Waals surface area (Å²) >= 11 is 10.00. The molecule has 58 valence electrons. The van der Waals surface area contributed by atoms with Crippen molar-refractivity contribution in [1.82, 2.24) is 0 Å². The largest absolute Gasteiger partial charge is 1.00 e. The van der Waals surface area contributed by atoms with Crippen LogP contribution in [0.3, 0.4) is 0 Å². The van der Waals surface area contributed by atoms with Crippen molar-refractivity contribution >= 4 is 35.1 Å². The molecule has 0 saturated heterocycles. The van der Waals surface area contributed by atoms with Gasteiger partial charge in [-0.1, -0.05) is 0 Å². The molecule has 0 fully saturated rings. The predicted molar refractivity (Wildman–Crippen MR) is 31.9 cm³/mol. The minimum absolute atomic E-state index is 0. The third-order valence-corrected chi connectivity index (χ3v) is 1.72. The zero-order valence-corrected chi connectivity index (χ0v) is 9.09. The Morgan fingerprint density at radius 1 is 1.27 bits per heavy atom. The summed E-state index contributed by atoms with van der Waals surface area (Å²) in [5.74, 6) is -3.17. The van der Waals surface area contributed by atoms with Crippen molar-refractivity contribution in [2.24, 2.45) is 0 Å². The van der Waals surface area contributed by atoms with Gasteiger partial charge in [-0.15, -0.1) is 23.2 Å². The number of alkyl halides is 2. The van der Waals surface area contributed by atoms with Crippen molar-refractivity contribution in [2.75, 3.05) is 0 Å². The van der Waals surface area contributed by atoms with E-state index >= 15 is 0 Å². The van der Waals surface area contributed by atoms with E-state index in [0.717, 1.165) is 0 Å². The Morgan fingerprint density at radius 2 is 1.64 bits per heavy atom. The number of hydrogen-bond donors (Lipinski definition) is 1. The van der Waals surface area contributed by atoms with Crippen molar-refractivity contribution in [3.05, 3.63) is 0 Å². The Balaban J connectivity index is 0. The van der Waals surface area contributed by atoms with Crippen LogP contribution in [0.15, 0.2) is 0 Å². The number of carboxylic acid groups (broad SMARTS) is 2. The normalized spacial score (nSPS) is 14.4. The van der Waals surface area contributed by atoms with Crippen molar-refractivity contribution < 1.29 is 49.4 Å². The summed E-state index contributed by atoms with van der Waals surface area (Å²) in [6, 6.07) is 0. The zero-order chi connectivity index (χ0) is 8.31. The predicted octanol–water partition coefficient (Wildman–Crippen LogP) is -3.96. The van der Waals surface area contributed by atoms with E-state index < -0.39 is 22.7 Å². The molecule has 2 unspecified atom stereocenters. The van der Waals surface area contributed by atoms with E-state index in [0.29, 0.717) is 0 Å². The first-order chi connectivity index (χ1) is 4.46. The van der Waals surface area contributed by atoms with Crippen LogP contribution in [0.2, 0.25) is 0 Å². The van der Waals surface area contributed by atoms with Gasteiger partial charge in [0.15, 0.2) is 5.38 Å². The fourth-order valence-electron chi connectivity index (χ4n) is 0.245. The second-order valence-electron chi connectivity index (χ2n) is 1.46. The Kier molecular flexibility index (Phi) is 7.78. The molecule has 2 atom stereocenters. The van der Waals surface area contributed by atoms with E-state index in [1.54, 1.807) is 0 Å². The van der Waals surface area contributed by atoms with Gasteiger partial charge in [0.1, 0.15) is 5.38 Å². The van der Waals surface area contributed by atoms with Crippen molar-refractivity contribution in [3.63, 3.8) is 0 Å². The number of carbonyl (C=O) groups excluding carboxylic acids is 1. The molecule has 7 heteroatoms. The first-order valence-corrected chi connectivity index (χ1v) is 3.06. The van der Waals surface area contributed by atoms with E-state index in [1.165, 1.54) is 0 Å². The molecule has 0 rings (SSSR count). The zero-order valence-electron chi connectivity index (χ0n) is 5.58. The van der Waals surface area contributed by atoms with Gasteiger partial charge < -0.3 is 15.0 Å². The van der Waals surface area contributed by atoms with Crippen LogP contribution in [0.25, 0.3) is 0 Å². The van der Waals surface area contributed by atoms with Crippen LogP contribution >= 0.6 is 23.2 Å². The molecule has 0 radical (unpaired) electrons. The fourth-order valence-corrected chi connectivity index (χ4v) is 0.455.